The van der Waals surface area contributed by atoms with Crippen LogP contribution in [0, 0.1) is 5.82 Å². The van der Waals surface area contributed by atoms with Crippen LogP contribution in [0.3, 0.4) is 0 Å². The summed E-state index contributed by atoms with van der Waals surface area (Å²) in [5.41, 5.74) is 0.955. The predicted molar refractivity (Wildman–Crippen MR) is 107 cm³/mol. The van der Waals surface area contributed by atoms with Gasteiger partial charge in [0.2, 0.25) is 5.91 Å². The minimum absolute atomic E-state index is 0.0997. The highest BCUT2D eigenvalue weighted by molar-refractivity contribution is 7.13. The number of aromatic nitrogens is 1. The maximum absolute atomic E-state index is 13.1. The predicted octanol–water partition coefficient (Wildman–Crippen LogP) is 3.69. The normalized spacial score (nSPS) is 20.1. The Morgan fingerprint density at radius 2 is 2.18 bits per heavy atom. The third-order valence-corrected chi connectivity index (χ3v) is 5.10. The second-order valence-electron chi connectivity index (χ2n) is 7.05. The van der Waals surface area contributed by atoms with Gasteiger partial charge in [0.05, 0.1) is 24.5 Å². The summed E-state index contributed by atoms with van der Waals surface area (Å²) in [6.45, 7) is 7.03. The molecule has 2 heterocycles. The van der Waals surface area contributed by atoms with Crippen molar-refractivity contribution in [1.29, 1.82) is 0 Å². The van der Waals surface area contributed by atoms with Crippen molar-refractivity contribution in [2.45, 2.75) is 45.4 Å². The van der Waals surface area contributed by atoms with Crippen LogP contribution < -0.4 is 10.1 Å². The fourth-order valence-electron chi connectivity index (χ4n) is 3.24. The summed E-state index contributed by atoms with van der Waals surface area (Å²) in [4.78, 5) is 18.9. The molecule has 0 bridgehead atoms. The van der Waals surface area contributed by atoms with E-state index in [2.05, 4.69) is 29.0 Å². The van der Waals surface area contributed by atoms with Crippen molar-refractivity contribution in [3.05, 3.63) is 41.2 Å². The number of amides is 1. The van der Waals surface area contributed by atoms with E-state index in [4.69, 9.17) is 9.47 Å². The number of nitrogens with zero attached hydrogens (tertiary/aromatic N) is 2. The van der Waals surface area contributed by atoms with E-state index in [1.165, 1.54) is 23.5 Å². The molecule has 0 aliphatic carbocycles. The lowest BCUT2D eigenvalue weighted by Gasteiger charge is -2.34. The maximum atomic E-state index is 13.1. The molecule has 1 aromatic carbocycles. The summed E-state index contributed by atoms with van der Waals surface area (Å²) in [6, 6.07) is 5.97. The van der Waals surface area contributed by atoms with E-state index in [1.807, 2.05) is 5.38 Å². The van der Waals surface area contributed by atoms with Crippen molar-refractivity contribution in [2.75, 3.05) is 25.0 Å². The second-order valence-corrected chi connectivity index (χ2v) is 7.91. The molecule has 2 unspecified atom stereocenters. The van der Waals surface area contributed by atoms with E-state index in [9.17, 15) is 9.18 Å². The fraction of sp³-hybridized carbons (Fsp3) is 0.500. The molecule has 28 heavy (non-hydrogen) atoms. The SMILES string of the molecule is CC1CN(Cc2csc(NC(=O)CCCOc3cccc(F)c3)n2)CC(C)O1. The standard InChI is InChI=1S/C20H26FN3O3S/c1-14-10-24(11-15(2)27-14)12-17-13-28-20(22-17)23-19(25)7-4-8-26-18-6-3-5-16(21)9-18/h3,5-6,9,13-15H,4,7-8,10-12H2,1-2H3,(H,22,23,25). The summed E-state index contributed by atoms with van der Waals surface area (Å²) in [6.07, 6.45) is 1.31. The second kappa shape index (κ2) is 9.95. The van der Waals surface area contributed by atoms with Crippen molar-refractivity contribution in [3.8, 4) is 5.75 Å². The van der Waals surface area contributed by atoms with Crippen LogP contribution in [0.2, 0.25) is 0 Å². The molecule has 8 heteroatoms. The van der Waals surface area contributed by atoms with Gasteiger partial charge in [-0.2, -0.15) is 0 Å². The highest BCUT2D eigenvalue weighted by Gasteiger charge is 2.22. The number of carbonyl (C=O) groups excluding carboxylic acids is 1. The van der Waals surface area contributed by atoms with Gasteiger partial charge in [0, 0.05) is 37.5 Å². The van der Waals surface area contributed by atoms with Crippen LogP contribution in [0.5, 0.6) is 5.75 Å². The van der Waals surface area contributed by atoms with Gasteiger partial charge in [-0.05, 0) is 32.4 Å². The van der Waals surface area contributed by atoms with Crippen LogP contribution in [-0.4, -0.2) is 47.7 Å². The number of rotatable bonds is 8. The molecule has 3 rings (SSSR count). The lowest BCUT2D eigenvalue weighted by Crippen LogP contribution is -2.44. The first kappa shape index (κ1) is 20.7. The number of hydrogen-bond donors (Lipinski definition) is 1. The van der Waals surface area contributed by atoms with E-state index in [0.717, 1.165) is 25.3 Å². The third kappa shape index (κ3) is 6.54. The van der Waals surface area contributed by atoms with Crippen LogP contribution in [0.25, 0.3) is 0 Å². The number of benzene rings is 1. The number of thiazole rings is 1. The topological polar surface area (TPSA) is 63.7 Å². The molecule has 0 saturated carbocycles. The van der Waals surface area contributed by atoms with E-state index in [0.29, 0.717) is 30.3 Å². The molecule has 1 aliphatic rings. The smallest absolute Gasteiger partial charge is 0.226 e. The Morgan fingerprint density at radius 1 is 1.39 bits per heavy atom. The summed E-state index contributed by atoms with van der Waals surface area (Å²) < 4.78 is 24.3. The van der Waals surface area contributed by atoms with Gasteiger partial charge in [-0.3, -0.25) is 9.69 Å². The lowest BCUT2D eigenvalue weighted by atomic mass is 10.2. The zero-order valence-electron chi connectivity index (χ0n) is 16.2. The molecule has 1 aliphatic heterocycles. The number of carbonyl (C=O) groups is 1. The van der Waals surface area contributed by atoms with Gasteiger partial charge >= 0.3 is 0 Å². The fourth-order valence-corrected chi connectivity index (χ4v) is 3.96. The molecule has 2 aromatic rings. The van der Waals surface area contributed by atoms with Crippen LogP contribution in [-0.2, 0) is 16.1 Å². The largest absolute Gasteiger partial charge is 0.493 e. The molecule has 1 amide bonds. The molecule has 1 fully saturated rings. The summed E-state index contributed by atoms with van der Waals surface area (Å²) in [7, 11) is 0. The third-order valence-electron chi connectivity index (χ3n) is 4.29. The molecule has 0 spiro atoms. The lowest BCUT2D eigenvalue weighted by molar-refractivity contribution is -0.116. The Kier molecular flexibility index (Phi) is 7.36. The monoisotopic (exact) mass is 407 g/mol. The minimum Gasteiger partial charge on any atom is -0.493 e. The average molecular weight is 408 g/mol. The Bertz CT molecular complexity index is 776. The molecule has 1 aromatic heterocycles. The minimum atomic E-state index is -0.337. The van der Waals surface area contributed by atoms with E-state index < -0.39 is 0 Å². The van der Waals surface area contributed by atoms with Crippen molar-refractivity contribution < 1.29 is 18.7 Å². The highest BCUT2D eigenvalue weighted by Crippen LogP contribution is 2.19. The highest BCUT2D eigenvalue weighted by atomic mass is 32.1. The number of morpholine rings is 1. The van der Waals surface area contributed by atoms with Crippen LogP contribution >= 0.6 is 11.3 Å². The molecule has 152 valence electrons. The molecule has 1 N–H and O–H groups in total. The molecule has 0 radical (unpaired) electrons. The van der Waals surface area contributed by atoms with Gasteiger partial charge in [-0.15, -0.1) is 11.3 Å². The first-order chi connectivity index (χ1) is 13.5. The van der Waals surface area contributed by atoms with Gasteiger partial charge in [0.1, 0.15) is 11.6 Å². The Hall–Kier alpha value is -2.03. The maximum Gasteiger partial charge on any atom is 0.226 e. The van der Waals surface area contributed by atoms with Gasteiger partial charge in [-0.25, -0.2) is 9.37 Å². The zero-order valence-corrected chi connectivity index (χ0v) is 17.0. The first-order valence-corrected chi connectivity index (χ1v) is 10.4. The van der Waals surface area contributed by atoms with E-state index >= 15 is 0 Å². The zero-order chi connectivity index (χ0) is 19.9. The van der Waals surface area contributed by atoms with Crippen LogP contribution in [0.4, 0.5) is 9.52 Å². The Morgan fingerprint density at radius 3 is 2.93 bits per heavy atom. The summed E-state index contributed by atoms with van der Waals surface area (Å²) in [5.74, 6) is 0.0323. The number of nitrogens with one attached hydrogen (secondary N) is 1. The van der Waals surface area contributed by atoms with Gasteiger partial charge in [-0.1, -0.05) is 6.07 Å². The van der Waals surface area contributed by atoms with Gasteiger partial charge in [0.15, 0.2) is 5.13 Å². The number of halogens is 1. The molecule has 2 atom stereocenters. The summed E-state index contributed by atoms with van der Waals surface area (Å²) in [5, 5.41) is 5.43. The van der Waals surface area contributed by atoms with Crippen molar-refractivity contribution in [2.24, 2.45) is 0 Å². The Balaban J connectivity index is 1.37. The van der Waals surface area contributed by atoms with E-state index in [1.54, 1.807) is 12.1 Å². The first-order valence-electron chi connectivity index (χ1n) is 9.48. The molecular formula is C20H26FN3O3S. The van der Waals surface area contributed by atoms with Crippen molar-refractivity contribution in [1.82, 2.24) is 9.88 Å². The van der Waals surface area contributed by atoms with Crippen molar-refractivity contribution >= 4 is 22.4 Å². The summed E-state index contributed by atoms with van der Waals surface area (Å²) >= 11 is 1.43. The molecule has 1 saturated heterocycles. The Labute approximate surface area is 168 Å². The molecule has 6 nitrogen and oxygen atoms in total. The van der Waals surface area contributed by atoms with Crippen molar-refractivity contribution in [3.63, 3.8) is 0 Å². The van der Waals surface area contributed by atoms with E-state index in [-0.39, 0.29) is 23.9 Å². The van der Waals surface area contributed by atoms with Gasteiger partial charge in [0.25, 0.3) is 0 Å². The molecular weight excluding hydrogens is 381 g/mol. The van der Waals surface area contributed by atoms with Gasteiger partial charge < -0.3 is 14.8 Å². The number of ether oxygens (including phenoxy) is 2. The van der Waals surface area contributed by atoms with Crippen LogP contribution in [0.15, 0.2) is 29.6 Å². The number of anilines is 1. The average Bonchev–Trinajstić information content (AvgIpc) is 3.04. The van der Waals surface area contributed by atoms with Crippen LogP contribution in [0.1, 0.15) is 32.4 Å². The quantitative estimate of drug-likeness (QED) is 0.676. The number of hydrogen-bond acceptors (Lipinski definition) is 6.